The van der Waals surface area contributed by atoms with E-state index in [9.17, 15) is 4.79 Å². The molecule has 0 radical (unpaired) electrons. The average Bonchev–Trinajstić information content (AvgIpc) is 3.14. The highest BCUT2D eigenvalue weighted by atomic mass is 16.1. The summed E-state index contributed by atoms with van der Waals surface area (Å²) in [6.45, 7) is 1.37. The van der Waals surface area contributed by atoms with Crippen molar-refractivity contribution in [3.63, 3.8) is 0 Å². The van der Waals surface area contributed by atoms with Gasteiger partial charge in [0.05, 0.1) is 6.54 Å². The zero-order chi connectivity index (χ0) is 15.1. The molecule has 0 bridgehead atoms. The number of amides is 1. The third-order valence-electron chi connectivity index (χ3n) is 4.51. The highest BCUT2D eigenvalue weighted by Crippen LogP contribution is 2.32. The van der Waals surface area contributed by atoms with Gasteiger partial charge in [0.1, 0.15) is 5.84 Å². The van der Waals surface area contributed by atoms with Gasteiger partial charge in [-0.2, -0.15) is 0 Å². The van der Waals surface area contributed by atoms with Crippen LogP contribution in [0, 0.1) is 0 Å². The van der Waals surface area contributed by atoms with Gasteiger partial charge in [0, 0.05) is 24.4 Å². The second-order valence-electron chi connectivity index (χ2n) is 5.86. The number of nitrogens with one attached hydrogen (secondary N) is 1. The van der Waals surface area contributed by atoms with E-state index in [-0.39, 0.29) is 11.8 Å². The van der Waals surface area contributed by atoms with Crippen molar-refractivity contribution in [1.29, 1.82) is 0 Å². The van der Waals surface area contributed by atoms with Crippen molar-refractivity contribution in [2.24, 2.45) is 10.7 Å². The maximum Gasteiger partial charge on any atom is 0.220 e. The number of nitrogens with two attached hydrogens (primary N) is 1. The zero-order valence-corrected chi connectivity index (χ0v) is 12.2. The van der Waals surface area contributed by atoms with E-state index in [4.69, 9.17) is 5.73 Å². The first-order chi connectivity index (χ1) is 10.7. The minimum atomic E-state index is 0.136. The third kappa shape index (κ3) is 2.08. The molecule has 2 aliphatic heterocycles. The first kappa shape index (κ1) is 13.1. The summed E-state index contributed by atoms with van der Waals surface area (Å²) >= 11 is 0. The number of hydrogen-bond donors (Lipinski definition) is 2. The van der Waals surface area contributed by atoms with Crippen LogP contribution < -0.4 is 11.1 Å². The molecular formula is C18H17N3O. The zero-order valence-electron chi connectivity index (χ0n) is 12.2. The maximum absolute atomic E-state index is 11.4. The quantitative estimate of drug-likeness (QED) is 0.890. The number of aliphatic imine (C=N–C) groups is 1. The van der Waals surface area contributed by atoms with Crippen LogP contribution in [0.4, 0.5) is 0 Å². The Kier molecular flexibility index (Phi) is 2.96. The molecule has 0 aliphatic carbocycles. The van der Waals surface area contributed by atoms with Gasteiger partial charge in [0.25, 0.3) is 0 Å². The number of hydrogen-bond acceptors (Lipinski definition) is 3. The van der Waals surface area contributed by atoms with Gasteiger partial charge < -0.3 is 11.1 Å². The molecule has 2 heterocycles. The average molecular weight is 291 g/mol. The fraction of sp³-hybridized carbons (Fsp3) is 0.222. The second-order valence-corrected chi connectivity index (χ2v) is 5.86. The molecule has 0 spiro atoms. The smallest absolute Gasteiger partial charge is 0.220 e. The number of carbonyl (C=O) groups is 1. The van der Waals surface area contributed by atoms with Crippen LogP contribution in [0.25, 0.3) is 11.1 Å². The summed E-state index contributed by atoms with van der Waals surface area (Å²) in [7, 11) is 0. The standard InChI is InChI=1S/C18H17N3O/c19-18-15-6-2-5-14(16(15)10-21-18)12-4-1-3-11(7-12)13-8-17(22)20-9-13/h1-7,13H,8-10H2,(H2,19,21)(H,20,22)/t13-/m1/s1. The van der Waals surface area contributed by atoms with Crippen LogP contribution >= 0.6 is 0 Å². The van der Waals surface area contributed by atoms with Crippen LogP contribution in [0.3, 0.4) is 0 Å². The number of carbonyl (C=O) groups excluding carboxylic acids is 1. The molecule has 0 saturated carbocycles. The molecule has 1 saturated heterocycles. The van der Waals surface area contributed by atoms with Gasteiger partial charge in [0.2, 0.25) is 5.91 Å². The lowest BCUT2D eigenvalue weighted by molar-refractivity contribution is -0.119. The Morgan fingerprint density at radius 2 is 1.95 bits per heavy atom. The third-order valence-corrected chi connectivity index (χ3v) is 4.51. The Hall–Kier alpha value is -2.62. The fourth-order valence-corrected chi connectivity index (χ4v) is 3.32. The molecule has 110 valence electrons. The highest BCUT2D eigenvalue weighted by Gasteiger charge is 2.23. The normalized spacial score (nSPS) is 19.7. The molecule has 2 aromatic carbocycles. The molecule has 0 aromatic heterocycles. The molecule has 1 fully saturated rings. The summed E-state index contributed by atoms with van der Waals surface area (Å²) in [5, 5.41) is 2.90. The first-order valence-corrected chi connectivity index (χ1v) is 7.51. The van der Waals surface area contributed by atoms with Crippen LogP contribution in [0.1, 0.15) is 29.0 Å². The molecule has 2 aliphatic rings. The number of amidine groups is 1. The van der Waals surface area contributed by atoms with E-state index in [0.29, 0.717) is 18.8 Å². The molecule has 1 atom stereocenters. The Labute approximate surface area is 129 Å². The van der Waals surface area contributed by atoms with Crippen molar-refractivity contribution >= 4 is 11.7 Å². The van der Waals surface area contributed by atoms with E-state index in [2.05, 4.69) is 40.6 Å². The van der Waals surface area contributed by atoms with Gasteiger partial charge in [-0.05, 0) is 22.3 Å². The minimum absolute atomic E-state index is 0.136. The summed E-state index contributed by atoms with van der Waals surface area (Å²) in [5.74, 6) is 1.03. The Balaban J connectivity index is 1.74. The van der Waals surface area contributed by atoms with Crippen LogP contribution in [-0.4, -0.2) is 18.3 Å². The molecule has 4 nitrogen and oxygen atoms in total. The van der Waals surface area contributed by atoms with Gasteiger partial charge in [-0.3, -0.25) is 9.79 Å². The molecule has 22 heavy (non-hydrogen) atoms. The summed E-state index contributed by atoms with van der Waals surface area (Å²) in [6, 6.07) is 14.6. The lowest BCUT2D eigenvalue weighted by Crippen LogP contribution is -2.13. The van der Waals surface area contributed by atoms with Crippen molar-refractivity contribution in [2.45, 2.75) is 18.9 Å². The molecule has 2 aromatic rings. The lowest BCUT2D eigenvalue weighted by Gasteiger charge is -2.12. The van der Waals surface area contributed by atoms with Crippen molar-refractivity contribution in [1.82, 2.24) is 5.32 Å². The van der Waals surface area contributed by atoms with Gasteiger partial charge in [-0.1, -0.05) is 42.5 Å². The van der Waals surface area contributed by atoms with E-state index in [1.807, 2.05) is 12.1 Å². The SMILES string of the molecule is NC1=NCc2c1cccc2-c1cccc([C@H]2CNC(=O)C2)c1. The van der Waals surface area contributed by atoms with Crippen molar-refractivity contribution in [2.75, 3.05) is 6.54 Å². The maximum atomic E-state index is 11.4. The lowest BCUT2D eigenvalue weighted by atomic mass is 9.91. The fourth-order valence-electron chi connectivity index (χ4n) is 3.32. The molecule has 4 heteroatoms. The number of fused-ring (bicyclic) bond motifs is 1. The van der Waals surface area contributed by atoms with Gasteiger partial charge in [-0.25, -0.2) is 0 Å². The Morgan fingerprint density at radius 3 is 2.77 bits per heavy atom. The number of rotatable bonds is 2. The van der Waals surface area contributed by atoms with Gasteiger partial charge in [0.15, 0.2) is 0 Å². The van der Waals surface area contributed by atoms with E-state index in [0.717, 1.165) is 12.1 Å². The highest BCUT2D eigenvalue weighted by molar-refractivity contribution is 6.02. The predicted octanol–water partition coefficient (Wildman–Crippen LogP) is 2.18. The van der Waals surface area contributed by atoms with E-state index in [1.54, 1.807) is 0 Å². The molecule has 1 amide bonds. The number of nitrogens with zero attached hydrogens (tertiary/aromatic N) is 1. The first-order valence-electron chi connectivity index (χ1n) is 7.51. The predicted molar refractivity (Wildman–Crippen MR) is 86.7 cm³/mol. The topological polar surface area (TPSA) is 67.5 Å². The Morgan fingerprint density at radius 1 is 1.14 bits per heavy atom. The van der Waals surface area contributed by atoms with E-state index in [1.165, 1.54) is 22.3 Å². The van der Waals surface area contributed by atoms with E-state index >= 15 is 0 Å². The molecule has 4 rings (SSSR count). The van der Waals surface area contributed by atoms with Crippen molar-refractivity contribution in [3.8, 4) is 11.1 Å². The monoisotopic (exact) mass is 291 g/mol. The molecule has 3 N–H and O–H groups in total. The summed E-state index contributed by atoms with van der Waals surface area (Å²) in [6.07, 6.45) is 0.576. The summed E-state index contributed by atoms with van der Waals surface area (Å²) in [5.41, 5.74) is 11.7. The van der Waals surface area contributed by atoms with Crippen molar-refractivity contribution in [3.05, 3.63) is 59.2 Å². The van der Waals surface area contributed by atoms with Crippen LogP contribution in [0.5, 0.6) is 0 Å². The van der Waals surface area contributed by atoms with E-state index < -0.39 is 0 Å². The summed E-state index contributed by atoms with van der Waals surface area (Å²) < 4.78 is 0. The second kappa shape index (κ2) is 4.98. The van der Waals surface area contributed by atoms with Crippen LogP contribution in [0.15, 0.2) is 47.5 Å². The van der Waals surface area contributed by atoms with Crippen molar-refractivity contribution < 1.29 is 4.79 Å². The van der Waals surface area contributed by atoms with Gasteiger partial charge in [-0.15, -0.1) is 0 Å². The van der Waals surface area contributed by atoms with Crippen LogP contribution in [-0.2, 0) is 11.3 Å². The Bertz CT molecular complexity index is 795. The minimum Gasteiger partial charge on any atom is -0.383 e. The number of benzene rings is 2. The van der Waals surface area contributed by atoms with Crippen LogP contribution in [0.2, 0.25) is 0 Å². The molecular weight excluding hydrogens is 274 g/mol. The largest absolute Gasteiger partial charge is 0.383 e. The molecule has 0 unspecified atom stereocenters. The van der Waals surface area contributed by atoms with Gasteiger partial charge >= 0.3 is 0 Å². The summed E-state index contributed by atoms with van der Waals surface area (Å²) in [4.78, 5) is 15.8.